The summed E-state index contributed by atoms with van der Waals surface area (Å²) in [6.07, 6.45) is 4.60. The fourth-order valence-electron chi connectivity index (χ4n) is 2.58. The predicted octanol–water partition coefficient (Wildman–Crippen LogP) is 2.92. The van der Waals surface area contributed by atoms with Crippen molar-refractivity contribution in [3.63, 3.8) is 0 Å². The van der Waals surface area contributed by atoms with E-state index in [0.29, 0.717) is 0 Å². The highest BCUT2D eigenvalue weighted by Crippen LogP contribution is 2.28. The standard InChI is InChI=1S/C20H33N3O2/c1-4-21-20(22-11-5-13-25-15-18-8-9-18)23-12-10-17-7-6-16(2)19(14-17)24-3/h6-7,14,18H,4-5,8-13,15H2,1-3H3,(H2,21,22,23). The second-order valence-electron chi connectivity index (χ2n) is 6.61. The summed E-state index contributed by atoms with van der Waals surface area (Å²) in [5.74, 6) is 2.66. The molecule has 25 heavy (non-hydrogen) atoms. The van der Waals surface area contributed by atoms with E-state index in [1.54, 1.807) is 7.11 Å². The van der Waals surface area contributed by atoms with E-state index >= 15 is 0 Å². The number of ether oxygens (including phenoxy) is 2. The fraction of sp³-hybridized carbons (Fsp3) is 0.650. The molecule has 5 nitrogen and oxygen atoms in total. The second kappa shape index (κ2) is 11.0. The minimum Gasteiger partial charge on any atom is -0.496 e. The van der Waals surface area contributed by atoms with E-state index in [2.05, 4.69) is 47.7 Å². The first kappa shape index (κ1) is 19.6. The van der Waals surface area contributed by atoms with Gasteiger partial charge >= 0.3 is 0 Å². The first-order valence-electron chi connectivity index (χ1n) is 9.46. The lowest BCUT2D eigenvalue weighted by Crippen LogP contribution is -2.38. The van der Waals surface area contributed by atoms with Crippen molar-refractivity contribution in [2.45, 2.75) is 39.5 Å². The molecular weight excluding hydrogens is 314 g/mol. The normalized spacial score (nSPS) is 14.4. The van der Waals surface area contributed by atoms with Crippen LogP contribution in [-0.2, 0) is 11.2 Å². The molecule has 0 saturated heterocycles. The van der Waals surface area contributed by atoms with Gasteiger partial charge in [-0.05, 0) is 62.6 Å². The Bertz CT molecular complexity index is 542. The zero-order valence-electron chi connectivity index (χ0n) is 15.9. The van der Waals surface area contributed by atoms with Gasteiger partial charge in [0.15, 0.2) is 5.96 Å². The summed E-state index contributed by atoms with van der Waals surface area (Å²) in [5, 5.41) is 6.69. The monoisotopic (exact) mass is 347 g/mol. The Morgan fingerprint density at radius 2 is 2.12 bits per heavy atom. The first-order chi connectivity index (χ1) is 12.2. The van der Waals surface area contributed by atoms with Crippen molar-refractivity contribution < 1.29 is 9.47 Å². The minimum atomic E-state index is 0.790. The lowest BCUT2D eigenvalue weighted by Gasteiger charge is -2.12. The van der Waals surface area contributed by atoms with Crippen LogP contribution in [0.5, 0.6) is 5.75 Å². The largest absolute Gasteiger partial charge is 0.496 e. The predicted molar refractivity (Wildman–Crippen MR) is 104 cm³/mol. The molecule has 140 valence electrons. The van der Waals surface area contributed by atoms with E-state index in [0.717, 1.165) is 68.9 Å². The summed E-state index contributed by atoms with van der Waals surface area (Å²) >= 11 is 0. The molecule has 0 bridgehead atoms. The molecule has 1 aliphatic carbocycles. The van der Waals surface area contributed by atoms with E-state index < -0.39 is 0 Å². The average Bonchev–Trinajstić information content (AvgIpc) is 3.43. The first-order valence-corrected chi connectivity index (χ1v) is 9.46. The molecule has 0 amide bonds. The smallest absolute Gasteiger partial charge is 0.191 e. The van der Waals surface area contributed by atoms with Gasteiger partial charge in [-0.1, -0.05) is 12.1 Å². The van der Waals surface area contributed by atoms with Gasteiger partial charge in [0.2, 0.25) is 0 Å². The van der Waals surface area contributed by atoms with Crippen molar-refractivity contribution in [1.82, 2.24) is 10.6 Å². The third-order valence-electron chi connectivity index (χ3n) is 4.29. The van der Waals surface area contributed by atoms with Crippen molar-refractivity contribution in [3.05, 3.63) is 29.3 Å². The number of hydrogen-bond donors (Lipinski definition) is 2. The lowest BCUT2D eigenvalue weighted by atomic mass is 10.1. The van der Waals surface area contributed by atoms with E-state index in [4.69, 9.17) is 9.47 Å². The lowest BCUT2D eigenvalue weighted by molar-refractivity contribution is 0.123. The van der Waals surface area contributed by atoms with Crippen molar-refractivity contribution in [3.8, 4) is 5.75 Å². The molecule has 0 aromatic heterocycles. The Balaban J connectivity index is 1.67. The van der Waals surface area contributed by atoms with Gasteiger partial charge in [-0.25, -0.2) is 0 Å². The van der Waals surface area contributed by atoms with Crippen molar-refractivity contribution in [2.24, 2.45) is 10.9 Å². The highest BCUT2D eigenvalue weighted by molar-refractivity contribution is 5.79. The van der Waals surface area contributed by atoms with Gasteiger partial charge in [0, 0.05) is 32.8 Å². The number of rotatable bonds is 11. The van der Waals surface area contributed by atoms with Crippen LogP contribution in [-0.4, -0.2) is 45.9 Å². The third kappa shape index (κ3) is 7.78. The van der Waals surface area contributed by atoms with Crippen molar-refractivity contribution >= 4 is 5.96 Å². The van der Waals surface area contributed by atoms with Crippen molar-refractivity contribution in [1.29, 1.82) is 0 Å². The topological polar surface area (TPSA) is 54.9 Å². The number of benzene rings is 1. The van der Waals surface area contributed by atoms with Crippen LogP contribution in [0, 0.1) is 12.8 Å². The average molecular weight is 348 g/mol. The number of hydrogen-bond acceptors (Lipinski definition) is 3. The SMILES string of the molecule is CCNC(=NCCCOCC1CC1)NCCc1ccc(C)c(OC)c1. The Hall–Kier alpha value is -1.75. The molecule has 0 radical (unpaired) electrons. The molecule has 5 heteroatoms. The summed E-state index contributed by atoms with van der Waals surface area (Å²) in [7, 11) is 1.72. The van der Waals surface area contributed by atoms with Crippen LogP contribution in [0.3, 0.4) is 0 Å². The van der Waals surface area contributed by atoms with Crippen LogP contribution in [0.4, 0.5) is 0 Å². The van der Waals surface area contributed by atoms with Gasteiger partial charge in [-0.3, -0.25) is 4.99 Å². The van der Waals surface area contributed by atoms with Gasteiger partial charge in [0.25, 0.3) is 0 Å². The maximum atomic E-state index is 5.65. The second-order valence-corrected chi connectivity index (χ2v) is 6.61. The highest BCUT2D eigenvalue weighted by atomic mass is 16.5. The number of nitrogens with one attached hydrogen (secondary N) is 2. The van der Waals surface area contributed by atoms with Crippen LogP contribution in [0.2, 0.25) is 0 Å². The molecule has 2 N–H and O–H groups in total. The van der Waals surface area contributed by atoms with E-state index in [9.17, 15) is 0 Å². The Morgan fingerprint density at radius 1 is 1.28 bits per heavy atom. The molecule has 0 atom stereocenters. The summed E-state index contributed by atoms with van der Waals surface area (Å²) < 4.78 is 11.0. The summed E-state index contributed by atoms with van der Waals surface area (Å²) in [6, 6.07) is 6.37. The zero-order chi connectivity index (χ0) is 17.9. The van der Waals surface area contributed by atoms with Crippen LogP contribution >= 0.6 is 0 Å². The molecular formula is C20H33N3O2. The fourth-order valence-corrected chi connectivity index (χ4v) is 2.58. The molecule has 2 rings (SSSR count). The van der Waals surface area contributed by atoms with Gasteiger partial charge in [-0.2, -0.15) is 0 Å². The van der Waals surface area contributed by atoms with Crippen LogP contribution in [0.25, 0.3) is 0 Å². The minimum absolute atomic E-state index is 0.790. The molecule has 0 unspecified atom stereocenters. The summed E-state index contributed by atoms with van der Waals surface area (Å²) in [6.45, 7) is 8.38. The Labute approximate surface area is 152 Å². The quantitative estimate of drug-likeness (QED) is 0.367. The molecule has 1 aromatic rings. The molecule has 1 aromatic carbocycles. The maximum Gasteiger partial charge on any atom is 0.191 e. The number of aliphatic imine (C=N–C) groups is 1. The van der Waals surface area contributed by atoms with Crippen LogP contribution < -0.4 is 15.4 Å². The van der Waals surface area contributed by atoms with Gasteiger partial charge in [0.1, 0.15) is 5.75 Å². The molecule has 0 heterocycles. The zero-order valence-corrected chi connectivity index (χ0v) is 15.9. The molecule has 1 aliphatic rings. The molecule has 1 fully saturated rings. The number of nitrogens with zero attached hydrogens (tertiary/aromatic N) is 1. The van der Waals surface area contributed by atoms with Gasteiger partial charge in [0.05, 0.1) is 7.11 Å². The Morgan fingerprint density at radius 3 is 2.84 bits per heavy atom. The number of guanidine groups is 1. The summed E-state index contributed by atoms with van der Waals surface area (Å²) in [4.78, 5) is 4.61. The van der Waals surface area contributed by atoms with E-state index in [1.807, 2.05) is 0 Å². The maximum absolute atomic E-state index is 5.65. The Kier molecular flexibility index (Phi) is 8.60. The highest BCUT2D eigenvalue weighted by Gasteiger charge is 2.20. The third-order valence-corrected chi connectivity index (χ3v) is 4.29. The van der Waals surface area contributed by atoms with Crippen LogP contribution in [0.15, 0.2) is 23.2 Å². The van der Waals surface area contributed by atoms with E-state index in [-0.39, 0.29) is 0 Å². The van der Waals surface area contributed by atoms with Gasteiger partial charge in [-0.15, -0.1) is 0 Å². The molecule has 1 saturated carbocycles. The van der Waals surface area contributed by atoms with Crippen LogP contribution in [0.1, 0.15) is 37.3 Å². The number of aryl methyl sites for hydroxylation is 1. The van der Waals surface area contributed by atoms with E-state index in [1.165, 1.54) is 18.4 Å². The van der Waals surface area contributed by atoms with Gasteiger partial charge < -0.3 is 20.1 Å². The molecule has 0 spiro atoms. The number of methoxy groups -OCH3 is 1. The molecule has 0 aliphatic heterocycles. The van der Waals surface area contributed by atoms with Crippen molar-refractivity contribution in [2.75, 3.05) is 40.0 Å². The summed E-state index contributed by atoms with van der Waals surface area (Å²) in [5.41, 5.74) is 2.43.